The van der Waals surface area contributed by atoms with Crippen LogP contribution in [0.3, 0.4) is 0 Å². The molecule has 1 rings (SSSR count). The molecule has 0 aromatic carbocycles. The predicted octanol–water partition coefficient (Wildman–Crippen LogP) is 1.32. The average Bonchev–Trinajstić information content (AvgIpc) is 2.31. The lowest BCUT2D eigenvalue weighted by Gasteiger charge is -2.36. The molecule has 1 aliphatic rings. The van der Waals surface area contributed by atoms with Crippen molar-refractivity contribution in [2.45, 2.75) is 32.7 Å². The summed E-state index contributed by atoms with van der Waals surface area (Å²) in [7, 11) is -3.20. The van der Waals surface area contributed by atoms with Crippen LogP contribution in [0.5, 0.6) is 0 Å². The minimum Gasteiger partial charge on any atom is -0.301 e. The Hall–Kier alpha value is 0.160. The summed E-state index contributed by atoms with van der Waals surface area (Å²) in [5, 5.41) is -0.303. The predicted molar refractivity (Wildman–Crippen MR) is 67.2 cm³/mol. The molecule has 0 amide bonds. The van der Waals surface area contributed by atoms with E-state index < -0.39 is 10.0 Å². The molecule has 0 N–H and O–H groups in total. The molecule has 1 heterocycles. The van der Waals surface area contributed by atoms with Crippen LogP contribution in [0.15, 0.2) is 0 Å². The lowest BCUT2D eigenvalue weighted by Crippen LogP contribution is -2.46. The van der Waals surface area contributed by atoms with E-state index in [0.717, 1.165) is 25.9 Å². The molecule has 0 bridgehead atoms. The molecule has 1 saturated heterocycles. The number of alkyl halides is 1. The number of sulfonamides is 1. The van der Waals surface area contributed by atoms with Gasteiger partial charge < -0.3 is 4.90 Å². The highest BCUT2D eigenvalue weighted by Gasteiger charge is 2.28. The second-order valence-corrected chi connectivity index (χ2v) is 6.63. The quantitative estimate of drug-likeness (QED) is 0.706. The Labute approximate surface area is 104 Å². The van der Waals surface area contributed by atoms with Crippen molar-refractivity contribution >= 4 is 21.6 Å². The van der Waals surface area contributed by atoms with Gasteiger partial charge in [0.25, 0.3) is 0 Å². The van der Waals surface area contributed by atoms with E-state index in [1.165, 1.54) is 4.31 Å². The molecule has 0 spiro atoms. The molecule has 0 radical (unpaired) electrons. The van der Waals surface area contributed by atoms with E-state index in [0.29, 0.717) is 19.1 Å². The first-order chi connectivity index (χ1) is 7.55. The number of halogens is 1. The summed E-state index contributed by atoms with van der Waals surface area (Å²) in [6.45, 7) is 7.57. The third kappa shape index (κ3) is 3.32. The topological polar surface area (TPSA) is 40.6 Å². The highest BCUT2D eigenvalue weighted by molar-refractivity contribution is 7.90. The summed E-state index contributed by atoms with van der Waals surface area (Å²) in [4.78, 5) is 2.39. The van der Waals surface area contributed by atoms with Crippen molar-refractivity contribution in [3.05, 3.63) is 0 Å². The normalized spacial score (nSPS) is 20.5. The van der Waals surface area contributed by atoms with Crippen molar-refractivity contribution in [1.82, 2.24) is 9.21 Å². The summed E-state index contributed by atoms with van der Waals surface area (Å²) in [5.41, 5.74) is 0. The molecule has 0 unspecified atom stereocenters. The summed E-state index contributed by atoms with van der Waals surface area (Å²) in [5.74, 6) is 0. The molecule has 0 aromatic rings. The van der Waals surface area contributed by atoms with E-state index >= 15 is 0 Å². The van der Waals surface area contributed by atoms with Crippen molar-refractivity contribution in [2.75, 3.05) is 31.4 Å². The standard InChI is InChI=1S/C10H21ClN2O2S/c1-3-12(4-2)10-5-7-13(8-6-10)16(14,15)9-11/h10H,3-9H2,1-2H3. The van der Waals surface area contributed by atoms with Gasteiger partial charge in [-0.3, -0.25) is 0 Å². The molecule has 16 heavy (non-hydrogen) atoms. The Balaban J connectivity index is 2.51. The van der Waals surface area contributed by atoms with Crippen LogP contribution in [0.25, 0.3) is 0 Å². The zero-order valence-corrected chi connectivity index (χ0v) is 11.6. The third-order valence-corrected chi connectivity index (χ3v) is 5.54. The Bertz CT molecular complexity index is 296. The number of nitrogens with zero attached hydrogens (tertiary/aromatic N) is 2. The van der Waals surface area contributed by atoms with Crippen LogP contribution in [0.4, 0.5) is 0 Å². The first kappa shape index (κ1) is 14.2. The van der Waals surface area contributed by atoms with Gasteiger partial charge >= 0.3 is 0 Å². The Morgan fingerprint density at radius 2 is 1.75 bits per heavy atom. The van der Waals surface area contributed by atoms with Gasteiger partial charge in [-0.1, -0.05) is 13.8 Å². The summed E-state index contributed by atoms with van der Waals surface area (Å²) in [6, 6.07) is 0.525. The minimum absolute atomic E-state index is 0.303. The van der Waals surface area contributed by atoms with Crippen LogP contribution in [0.1, 0.15) is 26.7 Å². The lowest BCUT2D eigenvalue weighted by molar-refractivity contribution is 0.152. The number of hydrogen-bond donors (Lipinski definition) is 0. The Morgan fingerprint density at radius 3 is 2.12 bits per heavy atom. The van der Waals surface area contributed by atoms with Gasteiger partial charge in [0.05, 0.1) is 0 Å². The third-order valence-electron chi connectivity index (χ3n) is 3.28. The van der Waals surface area contributed by atoms with Gasteiger partial charge in [0.15, 0.2) is 0 Å². The smallest absolute Gasteiger partial charge is 0.228 e. The van der Waals surface area contributed by atoms with Crippen molar-refractivity contribution in [1.29, 1.82) is 0 Å². The molecule has 6 heteroatoms. The van der Waals surface area contributed by atoms with Crippen molar-refractivity contribution < 1.29 is 8.42 Å². The zero-order chi connectivity index (χ0) is 12.2. The summed E-state index contributed by atoms with van der Waals surface area (Å²) in [6.07, 6.45) is 1.83. The van der Waals surface area contributed by atoms with E-state index in [2.05, 4.69) is 18.7 Å². The van der Waals surface area contributed by atoms with E-state index in [4.69, 9.17) is 11.6 Å². The maximum atomic E-state index is 11.6. The first-order valence-corrected chi connectivity index (χ1v) is 7.97. The molecule has 0 aromatic heterocycles. The van der Waals surface area contributed by atoms with Crippen molar-refractivity contribution in [2.24, 2.45) is 0 Å². The molecule has 96 valence electrons. The fraction of sp³-hybridized carbons (Fsp3) is 1.00. The number of hydrogen-bond acceptors (Lipinski definition) is 3. The van der Waals surface area contributed by atoms with Crippen LogP contribution < -0.4 is 0 Å². The lowest BCUT2D eigenvalue weighted by atomic mass is 10.1. The molecular formula is C10H21ClN2O2S. The second kappa shape index (κ2) is 6.19. The monoisotopic (exact) mass is 268 g/mol. The highest BCUT2D eigenvalue weighted by Crippen LogP contribution is 2.19. The van der Waals surface area contributed by atoms with E-state index in [1.807, 2.05) is 0 Å². The Morgan fingerprint density at radius 1 is 1.25 bits per heavy atom. The van der Waals surface area contributed by atoms with Gasteiger partial charge in [-0.05, 0) is 25.9 Å². The van der Waals surface area contributed by atoms with E-state index in [1.54, 1.807) is 0 Å². The maximum absolute atomic E-state index is 11.6. The van der Waals surface area contributed by atoms with Gasteiger partial charge in [0, 0.05) is 19.1 Å². The fourth-order valence-electron chi connectivity index (χ4n) is 2.29. The highest BCUT2D eigenvalue weighted by atomic mass is 35.5. The maximum Gasteiger partial charge on any atom is 0.228 e. The SMILES string of the molecule is CCN(CC)C1CCN(S(=O)(=O)CCl)CC1. The minimum atomic E-state index is -3.20. The molecule has 1 fully saturated rings. The zero-order valence-electron chi connectivity index (χ0n) is 10.0. The van der Waals surface area contributed by atoms with Crippen LogP contribution in [-0.4, -0.2) is 55.1 Å². The van der Waals surface area contributed by atoms with Crippen LogP contribution >= 0.6 is 11.6 Å². The number of piperidine rings is 1. The van der Waals surface area contributed by atoms with Gasteiger partial charge in [-0.2, -0.15) is 0 Å². The molecule has 4 nitrogen and oxygen atoms in total. The van der Waals surface area contributed by atoms with Crippen LogP contribution in [0.2, 0.25) is 0 Å². The largest absolute Gasteiger partial charge is 0.301 e. The summed E-state index contributed by atoms with van der Waals surface area (Å²) < 4.78 is 24.6. The molecule has 1 aliphatic heterocycles. The van der Waals surface area contributed by atoms with Crippen LogP contribution in [-0.2, 0) is 10.0 Å². The summed E-state index contributed by atoms with van der Waals surface area (Å²) >= 11 is 5.44. The van der Waals surface area contributed by atoms with Crippen molar-refractivity contribution in [3.63, 3.8) is 0 Å². The Kier molecular flexibility index (Phi) is 5.50. The molecule has 0 atom stereocenters. The molecule has 0 saturated carbocycles. The average molecular weight is 269 g/mol. The molecular weight excluding hydrogens is 248 g/mol. The fourth-order valence-corrected chi connectivity index (χ4v) is 3.61. The van der Waals surface area contributed by atoms with E-state index in [-0.39, 0.29) is 5.21 Å². The first-order valence-electron chi connectivity index (χ1n) is 5.83. The molecule has 0 aliphatic carbocycles. The second-order valence-electron chi connectivity index (χ2n) is 4.07. The van der Waals surface area contributed by atoms with Gasteiger partial charge in [-0.25, -0.2) is 12.7 Å². The van der Waals surface area contributed by atoms with E-state index in [9.17, 15) is 8.42 Å². The van der Waals surface area contributed by atoms with Gasteiger partial charge in [0.1, 0.15) is 5.21 Å². The van der Waals surface area contributed by atoms with Gasteiger partial charge in [-0.15, -0.1) is 11.6 Å². The number of rotatable bonds is 5. The van der Waals surface area contributed by atoms with Crippen LogP contribution in [0, 0.1) is 0 Å². The van der Waals surface area contributed by atoms with Crippen molar-refractivity contribution in [3.8, 4) is 0 Å². The van der Waals surface area contributed by atoms with Gasteiger partial charge in [0.2, 0.25) is 10.0 Å².